The van der Waals surface area contributed by atoms with Crippen LogP contribution in [0.25, 0.3) is 11.0 Å². The standard InChI is InChI=1S/C19H27N5O3S/c1-28(26,27)24-11-4-6-15(14-24)18(25)22-9-5-10-23(13-12-22)19-20-16-7-2-3-8-17(16)21-19/h2-3,7-8,15H,4-6,9-14H2,1H3,(H,20,21). The van der Waals surface area contributed by atoms with Crippen LogP contribution in [-0.4, -0.2) is 79.0 Å². The molecule has 3 heterocycles. The molecule has 2 aliphatic heterocycles. The number of hydrogen-bond donors (Lipinski definition) is 1. The van der Waals surface area contributed by atoms with Gasteiger partial charge < -0.3 is 14.8 Å². The number of nitrogens with one attached hydrogen (secondary N) is 1. The van der Waals surface area contributed by atoms with Crippen LogP contribution in [-0.2, 0) is 14.8 Å². The summed E-state index contributed by atoms with van der Waals surface area (Å²) < 4.78 is 25.1. The van der Waals surface area contributed by atoms with Crippen LogP contribution in [0.15, 0.2) is 24.3 Å². The summed E-state index contributed by atoms with van der Waals surface area (Å²) >= 11 is 0. The highest BCUT2D eigenvalue weighted by Gasteiger charge is 2.33. The molecule has 2 saturated heterocycles. The first-order valence-electron chi connectivity index (χ1n) is 9.85. The lowest BCUT2D eigenvalue weighted by Gasteiger charge is -2.33. The Morgan fingerprint density at radius 3 is 2.71 bits per heavy atom. The van der Waals surface area contributed by atoms with Crippen molar-refractivity contribution < 1.29 is 13.2 Å². The third-order valence-electron chi connectivity index (χ3n) is 5.69. The van der Waals surface area contributed by atoms with Crippen LogP contribution in [0.4, 0.5) is 5.95 Å². The number of para-hydroxylation sites is 2. The molecule has 0 radical (unpaired) electrons. The fraction of sp³-hybridized carbons (Fsp3) is 0.579. The average molecular weight is 406 g/mol. The molecule has 28 heavy (non-hydrogen) atoms. The normalized spacial score (nSPS) is 22.4. The summed E-state index contributed by atoms with van der Waals surface area (Å²) in [7, 11) is -3.25. The Hall–Kier alpha value is -2.13. The maximum absolute atomic E-state index is 13.0. The molecule has 0 saturated carbocycles. The number of carbonyl (C=O) groups excluding carboxylic acids is 1. The summed E-state index contributed by atoms with van der Waals surface area (Å²) in [5.41, 5.74) is 1.95. The van der Waals surface area contributed by atoms with E-state index in [-0.39, 0.29) is 11.8 Å². The zero-order valence-corrected chi connectivity index (χ0v) is 17.0. The fourth-order valence-corrected chi connectivity index (χ4v) is 5.05. The van der Waals surface area contributed by atoms with E-state index < -0.39 is 10.0 Å². The second-order valence-electron chi connectivity index (χ2n) is 7.70. The molecular weight excluding hydrogens is 378 g/mol. The topological polar surface area (TPSA) is 89.6 Å². The van der Waals surface area contributed by atoms with Crippen molar-refractivity contribution in [1.29, 1.82) is 0 Å². The summed E-state index contributed by atoms with van der Waals surface area (Å²) in [5.74, 6) is 0.692. The largest absolute Gasteiger partial charge is 0.341 e. The lowest BCUT2D eigenvalue weighted by atomic mass is 9.98. The van der Waals surface area contributed by atoms with Crippen LogP contribution in [0.2, 0.25) is 0 Å². The summed E-state index contributed by atoms with van der Waals surface area (Å²) in [5, 5.41) is 0. The van der Waals surface area contributed by atoms with Gasteiger partial charge in [-0.25, -0.2) is 17.7 Å². The van der Waals surface area contributed by atoms with Gasteiger partial charge in [-0.05, 0) is 31.4 Å². The van der Waals surface area contributed by atoms with Crippen LogP contribution < -0.4 is 4.90 Å². The number of aromatic nitrogens is 2. The van der Waals surface area contributed by atoms with E-state index in [1.54, 1.807) is 0 Å². The molecule has 8 nitrogen and oxygen atoms in total. The molecule has 2 aromatic rings. The maximum Gasteiger partial charge on any atom is 0.227 e. The third-order valence-corrected chi connectivity index (χ3v) is 6.96. The predicted molar refractivity (Wildman–Crippen MR) is 109 cm³/mol. The first-order valence-corrected chi connectivity index (χ1v) is 11.7. The quantitative estimate of drug-likeness (QED) is 0.831. The second kappa shape index (κ2) is 7.71. The van der Waals surface area contributed by atoms with Crippen LogP contribution in [0.3, 0.4) is 0 Å². The number of nitrogens with zero attached hydrogens (tertiary/aromatic N) is 4. The summed E-state index contributed by atoms with van der Waals surface area (Å²) in [6.07, 6.45) is 3.58. The van der Waals surface area contributed by atoms with Crippen molar-refractivity contribution in [3.05, 3.63) is 24.3 Å². The van der Waals surface area contributed by atoms with E-state index in [9.17, 15) is 13.2 Å². The Kier molecular flexibility index (Phi) is 5.29. The molecule has 2 fully saturated rings. The molecule has 0 bridgehead atoms. The van der Waals surface area contributed by atoms with E-state index in [2.05, 4.69) is 14.9 Å². The van der Waals surface area contributed by atoms with Gasteiger partial charge in [0.1, 0.15) is 0 Å². The number of sulfonamides is 1. The van der Waals surface area contributed by atoms with Gasteiger partial charge in [0.2, 0.25) is 21.9 Å². The molecule has 2 aliphatic rings. The number of hydrogen-bond acceptors (Lipinski definition) is 5. The zero-order chi connectivity index (χ0) is 19.7. The Bertz CT molecular complexity index is 924. The minimum Gasteiger partial charge on any atom is -0.341 e. The minimum absolute atomic E-state index is 0.0832. The third kappa shape index (κ3) is 4.00. The number of fused-ring (bicyclic) bond motifs is 1. The molecule has 1 amide bonds. The number of aromatic amines is 1. The Balaban J connectivity index is 1.41. The van der Waals surface area contributed by atoms with Crippen LogP contribution >= 0.6 is 0 Å². The number of amides is 1. The van der Waals surface area contributed by atoms with Gasteiger partial charge in [0.15, 0.2) is 0 Å². The number of piperidine rings is 1. The van der Waals surface area contributed by atoms with Gasteiger partial charge in [-0.2, -0.15) is 0 Å². The smallest absolute Gasteiger partial charge is 0.227 e. The van der Waals surface area contributed by atoms with Gasteiger partial charge in [0.05, 0.1) is 23.2 Å². The first-order chi connectivity index (χ1) is 13.4. The van der Waals surface area contributed by atoms with Gasteiger partial charge in [0, 0.05) is 39.3 Å². The summed E-state index contributed by atoms with van der Waals surface area (Å²) in [4.78, 5) is 25.1. The molecule has 152 valence electrons. The van der Waals surface area contributed by atoms with Crippen LogP contribution in [0, 0.1) is 5.92 Å². The highest BCUT2D eigenvalue weighted by Crippen LogP contribution is 2.23. The zero-order valence-electron chi connectivity index (χ0n) is 16.2. The molecule has 9 heteroatoms. The van der Waals surface area contributed by atoms with Crippen molar-refractivity contribution in [3.8, 4) is 0 Å². The van der Waals surface area contributed by atoms with Crippen molar-refractivity contribution in [2.45, 2.75) is 19.3 Å². The minimum atomic E-state index is -3.25. The number of carbonyl (C=O) groups is 1. The lowest BCUT2D eigenvalue weighted by Crippen LogP contribution is -2.47. The molecule has 1 atom stereocenters. The van der Waals surface area contributed by atoms with Crippen molar-refractivity contribution in [1.82, 2.24) is 19.2 Å². The van der Waals surface area contributed by atoms with Crippen LogP contribution in [0.5, 0.6) is 0 Å². The average Bonchev–Trinajstić information content (AvgIpc) is 2.96. The van der Waals surface area contributed by atoms with Gasteiger partial charge >= 0.3 is 0 Å². The van der Waals surface area contributed by atoms with Crippen molar-refractivity contribution in [2.24, 2.45) is 5.92 Å². The van der Waals surface area contributed by atoms with Gasteiger partial charge in [-0.15, -0.1) is 0 Å². The Morgan fingerprint density at radius 2 is 1.93 bits per heavy atom. The lowest BCUT2D eigenvalue weighted by molar-refractivity contribution is -0.136. The van der Waals surface area contributed by atoms with E-state index in [1.807, 2.05) is 29.2 Å². The van der Waals surface area contributed by atoms with Crippen molar-refractivity contribution in [2.75, 3.05) is 50.4 Å². The maximum atomic E-state index is 13.0. The molecule has 1 N–H and O–H groups in total. The molecule has 1 unspecified atom stereocenters. The summed E-state index contributed by atoms with van der Waals surface area (Å²) in [6, 6.07) is 7.95. The number of rotatable bonds is 3. The highest BCUT2D eigenvalue weighted by atomic mass is 32.2. The summed E-state index contributed by atoms with van der Waals surface area (Å²) in [6.45, 7) is 3.71. The fourth-order valence-electron chi connectivity index (χ4n) is 4.14. The van der Waals surface area contributed by atoms with Gasteiger partial charge in [-0.1, -0.05) is 12.1 Å². The molecule has 4 rings (SSSR count). The van der Waals surface area contributed by atoms with E-state index >= 15 is 0 Å². The molecule has 1 aromatic carbocycles. The molecule has 0 spiro atoms. The van der Waals surface area contributed by atoms with E-state index in [0.717, 1.165) is 42.8 Å². The number of imidazole rings is 1. The van der Waals surface area contributed by atoms with E-state index in [4.69, 9.17) is 0 Å². The highest BCUT2D eigenvalue weighted by molar-refractivity contribution is 7.88. The Labute approximate surface area is 165 Å². The van der Waals surface area contributed by atoms with Gasteiger partial charge in [0.25, 0.3) is 0 Å². The molecular formula is C19H27N5O3S. The first kappa shape index (κ1) is 19.2. The Morgan fingerprint density at radius 1 is 1.11 bits per heavy atom. The number of H-pyrrole nitrogens is 1. The monoisotopic (exact) mass is 405 g/mol. The number of anilines is 1. The molecule has 1 aromatic heterocycles. The van der Waals surface area contributed by atoms with E-state index in [1.165, 1.54) is 10.6 Å². The van der Waals surface area contributed by atoms with E-state index in [0.29, 0.717) is 32.7 Å². The van der Waals surface area contributed by atoms with Gasteiger partial charge in [-0.3, -0.25) is 4.79 Å². The molecule has 0 aliphatic carbocycles. The van der Waals surface area contributed by atoms with Crippen molar-refractivity contribution >= 4 is 32.9 Å². The predicted octanol–water partition coefficient (Wildman–Crippen LogP) is 1.27. The van der Waals surface area contributed by atoms with Crippen LogP contribution in [0.1, 0.15) is 19.3 Å². The number of benzene rings is 1. The SMILES string of the molecule is CS(=O)(=O)N1CCCC(C(=O)N2CCCN(c3nc4ccccc4[nH]3)CC2)C1. The second-order valence-corrected chi connectivity index (χ2v) is 9.69. The van der Waals surface area contributed by atoms with Crippen molar-refractivity contribution in [3.63, 3.8) is 0 Å².